The van der Waals surface area contributed by atoms with Gasteiger partial charge in [-0.25, -0.2) is 0 Å². The van der Waals surface area contributed by atoms with Crippen molar-refractivity contribution in [1.29, 1.82) is 0 Å². The van der Waals surface area contributed by atoms with E-state index in [1.54, 1.807) is 0 Å². The molecular weight excluding hydrogens is 210 g/mol. The van der Waals surface area contributed by atoms with Gasteiger partial charge in [-0.3, -0.25) is 0 Å². The minimum absolute atomic E-state index is 0.637. The van der Waals surface area contributed by atoms with Crippen molar-refractivity contribution in [2.75, 3.05) is 6.54 Å². The van der Waals surface area contributed by atoms with Crippen LogP contribution in [-0.2, 0) is 0 Å². The van der Waals surface area contributed by atoms with Gasteiger partial charge in [0.25, 0.3) is 0 Å². The molecule has 0 aromatic heterocycles. The Kier molecular flexibility index (Phi) is 15.8. The van der Waals surface area contributed by atoms with E-state index in [2.05, 4.69) is 6.92 Å². The zero-order valence-electron chi connectivity index (χ0n) is 11.8. The van der Waals surface area contributed by atoms with Crippen molar-refractivity contribution in [3.05, 3.63) is 5.21 Å². The van der Waals surface area contributed by atoms with Gasteiger partial charge in [0.2, 0.25) is 0 Å². The Morgan fingerprint density at radius 3 is 1.29 bits per heavy atom. The summed E-state index contributed by atoms with van der Waals surface area (Å²) in [5.74, 6) is 0. The number of unbranched alkanes of at least 4 members (excludes halogenated alkanes) is 12. The van der Waals surface area contributed by atoms with E-state index < -0.39 is 0 Å². The van der Waals surface area contributed by atoms with Crippen molar-refractivity contribution in [1.82, 2.24) is 5.48 Å². The first-order chi connectivity index (χ1) is 8.41. The van der Waals surface area contributed by atoms with Gasteiger partial charge in [-0.2, -0.15) is 0 Å². The Labute approximate surface area is 108 Å². The first-order valence-corrected chi connectivity index (χ1v) is 7.76. The molecule has 0 saturated carbocycles. The van der Waals surface area contributed by atoms with Crippen LogP contribution in [0.3, 0.4) is 0 Å². The van der Waals surface area contributed by atoms with E-state index in [9.17, 15) is 5.21 Å². The predicted molar refractivity (Wildman–Crippen MR) is 77.1 cm³/mol. The van der Waals surface area contributed by atoms with Crippen molar-refractivity contribution in [3.8, 4) is 0 Å². The standard InChI is InChI=1S/C15H32NO/c1-2-3-4-5-6-7-8-9-10-11-12-13-14-15-16-17/h16H,2-15H2,1H3/q-1. The van der Waals surface area contributed by atoms with Crippen LogP contribution in [0.25, 0.3) is 0 Å². The largest absolute Gasteiger partial charge is 0.788 e. The number of hydrogen-bond donors (Lipinski definition) is 1. The Hall–Kier alpha value is -0.0800. The molecule has 2 heteroatoms. The smallest absolute Gasteiger partial charge is 0.0170 e. The third-order valence-electron chi connectivity index (χ3n) is 3.38. The van der Waals surface area contributed by atoms with Gasteiger partial charge in [0.1, 0.15) is 0 Å². The fraction of sp³-hybridized carbons (Fsp3) is 1.00. The molecule has 0 saturated heterocycles. The monoisotopic (exact) mass is 242 g/mol. The normalized spacial score (nSPS) is 10.9. The van der Waals surface area contributed by atoms with Crippen LogP contribution in [0.15, 0.2) is 0 Å². The molecular formula is C15H32NO-. The predicted octanol–water partition coefficient (Wildman–Crippen LogP) is 5.17. The fourth-order valence-corrected chi connectivity index (χ4v) is 2.21. The molecule has 0 aliphatic carbocycles. The Balaban J connectivity index is 2.85. The van der Waals surface area contributed by atoms with E-state index in [-0.39, 0.29) is 0 Å². The highest BCUT2D eigenvalue weighted by Crippen LogP contribution is 2.12. The highest BCUT2D eigenvalue weighted by atomic mass is 16.5. The van der Waals surface area contributed by atoms with Crippen molar-refractivity contribution >= 4 is 0 Å². The van der Waals surface area contributed by atoms with Gasteiger partial charge in [0, 0.05) is 0 Å². The molecule has 1 N–H and O–H groups in total. The Morgan fingerprint density at radius 1 is 0.588 bits per heavy atom. The minimum atomic E-state index is 0.637. The summed E-state index contributed by atoms with van der Waals surface area (Å²) in [6, 6.07) is 0. The van der Waals surface area contributed by atoms with Crippen LogP contribution in [0.1, 0.15) is 90.4 Å². The summed E-state index contributed by atoms with van der Waals surface area (Å²) < 4.78 is 0. The third kappa shape index (κ3) is 15.9. The van der Waals surface area contributed by atoms with Crippen LogP contribution in [0, 0.1) is 5.21 Å². The maximum absolute atomic E-state index is 9.98. The summed E-state index contributed by atoms with van der Waals surface area (Å²) >= 11 is 0. The number of rotatable bonds is 14. The van der Waals surface area contributed by atoms with Gasteiger partial charge in [0.05, 0.1) is 0 Å². The van der Waals surface area contributed by atoms with Gasteiger partial charge in [0.15, 0.2) is 0 Å². The molecule has 0 spiro atoms. The zero-order chi connectivity index (χ0) is 12.6. The highest BCUT2D eigenvalue weighted by Gasteiger charge is 1.92. The van der Waals surface area contributed by atoms with Gasteiger partial charge in [-0.15, -0.1) is 0 Å². The summed E-state index contributed by atoms with van der Waals surface area (Å²) in [5.41, 5.74) is 1.96. The topological polar surface area (TPSA) is 35.1 Å². The molecule has 0 unspecified atom stereocenters. The quantitative estimate of drug-likeness (QED) is 0.337. The molecule has 104 valence electrons. The van der Waals surface area contributed by atoms with Crippen molar-refractivity contribution in [3.63, 3.8) is 0 Å². The molecule has 2 nitrogen and oxygen atoms in total. The molecule has 0 rings (SSSR count). The van der Waals surface area contributed by atoms with Gasteiger partial charge >= 0.3 is 0 Å². The lowest BCUT2D eigenvalue weighted by Gasteiger charge is -2.06. The van der Waals surface area contributed by atoms with Crippen molar-refractivity contribution in [2.45, 2.75) is 90.4 Å². The van der Waals surface area contributed by atoms with Crippen LogP contribution in [0.4, 0.5) is 0 Å². The van der Waals surface area contributed by atoms with E-state index >= 15 is 0 Å². The molecule has 0 aliphatic rings. The molecule has 0 heterocycles. The summed E-state index contributed by atoms with van der Waals surface area (Å²) in [4.78, 5) is 0. The van der Waals surface area contributed by atoms with Crippen molar-refractivity contribution in [2.24, 2.45) is 0 Å². The summed E-state index contributed by atoms with van der Waals surface area (Å²) in [6.45, 7) is 2.91. The SMILES string of the molecule is CCCCCCCCCCCCCCCN[O-]. The van der Waals surface area contributed by atoms with E-state index in [0.29, 0.717) is 6.54 Å². The number of hydrogen-bond acceptors (Lipinski definition) is 2. The minimum Gasteiger partial charge on any atom is -0.788 e. The molecule has 0 aromatic rings. The molecule has 0 radical (unpaired) electrons. The third-order valence-corrected chi connectivity index (χ3v) is 3.38. The second-order valence-corrected chi connectivity index (χ2v) is 5.14. The maximum Gasteiger partial charge on any atom is -0.0170 e. The van der Waals surface area contributed by atoms with E-state index in [0.717, 1.165) is 6.42 Å². The highest BCUT2D eigenvalue weighted by molar-refractivity contribution is 4.50. The summed E-state index contributed by atoms with van der Waals surface area (Å²) in [7, 11) is 0. The zero-order valence-corrected chi connectivity index (χ0v) is 11.8. The first kappa shape index (κ1) is 16.9. The lowest BCUT2D eigenvalue weighted by atomic mass is 10.0. The first-order valence-electron chi connectivity index (χ1n) is 7.76. The average Bonchev–Trinajstić information content (AvgIpc) is 2.35. The number of nitrogens with one attached hydrogen (secondary N) is 1. The van der Waals surface area contributed by atoms with E-state index in [1.807, 2.05) is 5.48 Å². The van der Waals surface area contributed by atoms with Crippen LogP contribution in [-0.4, -0.2) is 6.54 Å². The second-order valence-electron chi connectivity index (χ2n) is 5.14. The molecule has 17 heavy (non-hydrogen) atoms. The van der Waals surface area contributed by atoms with E-state index in [4.69, 9.17) is 0 Å². The molecule has 0 bridgehead atoms. The number of hydroxylamine groups is 1. The molecule has 0 fully saturated rings. The lowest BCUT2D eigenvalue weighted by Crippen LogP contribution is -2.04. The maximum atomic E-state index is 9.98. The fourth-order valence-electron chi connectivity index (χ4n) is 2.21. The molecule has 0 aromatic carbocycles. The molecule has 0 amide bonds. The van der Waals surface area contributed by atoms with Gasteiger partial charge < -0.3 is 10.7 Å². The van der Waals surface area contributed by atoms with Gasteiger partial charge in [-0.1, -0.05) is 84.0 Å². The Morgan fingerprint density at radius 2 is 0.941 bits per heavy atom. The Bertz CT molecular complexity index is 114. The molecule has 0 aliphatic heterocycles. The van der Waals surface area contributed by atoms with Crippen LogP contribution in [0.2, 0.25) is 0 Å². The molecule has 0 atom stereocenters. The van der Waals surface area contributed by atoms with Crippen LogP contribution in [0.5, 0.6) is 0 Å². The summed E-state index contributed by atoms with van der Waals surface area (Å²) in [5, 5.41) is 9.98. The average molecular weight is 242 g/mol. The summed E-state index contributed by atoms with van der Waals surface area (Å²) in [6.07, 6.45) is 17.7. The lowest BCUT2D eigenvalue weighted by molar-refractivity contribution is 0.538. The van der Waals surface area contributed by atoms with E-state index in [1.165, 1.54) is 77.0 Å². The van der Waals surface area contributed by atoms with Crippen molar-refractivity contribution < 1.29 is 0 Å². The van der Waals surface area contributed by atoms with Gasteiger partial charge in [-0.05, 0) is 13.0 Å². The van der Waals surface area contributed by atoms with Crippen LogP contribution >= 0.6 is 0 Å². The second kappa shape index (κ2) is 15.9. The van der Waals surface area contributed by atoms with Crippen LogP contribution < -0.4 is 5.48 Å².